The molecule has 324 valence electrons. The Balaban J connectivity index is 1.12. The van der Waals surface area contributed by atoms with Crippen molar-refractivity contribution in [1.29, 1.82) is 0 Å². The number of aliphatic hydroxyl groups is 1. The van der Waals surface area contributed by atoms with Gasteiger partial charge in [-0.1, -0.05) is 116 Å². The number of methoxy groups -OCH3 is 1. The van der Waals surface area contributed by atoms with Crippen molar-refractivity contribution >= 4 is 48.0 Å². The van der Waals surface area contributed by atoms with Crippen LogP contribution in [0, 0.1) is 5.92 Å². The molecule has 1 fully saturated rings. The van der Waals surface area contributed by atoms with Crippen molar-refractivity contribution in [3.63, 3.8) is 0 Å². The van der Waals surface area contributed by atoms with Gasteiger partial charge < -0.3 is 29.1 Å². The molecular weight excluding hydrogens is 819 g/mol. The van der Waals surface area contributed by atoms with Gasteiger partial charge in [0.25, 0.3) is 11.8 Å². The van der Waals surface area contributed by atoms with E-state index in [0.29, 0.717) is 59.2 Å². The molecule has 1 spiro atoms. The summed E-state index contributed by atoms with van der Waals surface area (Å²) in [5.41, 5.74) is 4.28. The molecule has 0 unspecified atom stereocenters. The van der Waals surface area contributed by atoms with E-state index in [-0.39, 0.29) is 42.3 Å². The first-order valence-corrected chi connectivity index (χ1v) is 25.1. The number of hydrogen-bond donors (Lipinski definition) is 1. The maximum absolute atomic E-state index is 15.8. The summed E-state index contributed by atoms with van der Waals surface area (Å²) in [5, 5.41) is 11.8. The molecule has 10 rings (SSSR count). The normalized spacial score (nSPS) is 22.4. The summed E-state index contributed by atoms with van der Waals surface area (Å²) in [7, 11) is -1.00. The topological polar surface area (TPSA) is 109 Å². The Hall–Kier alpha value is -6.53. The van der Waals surface area contributed by atoms with E-state index in [1.807, 2.05) is 120 Å². The Kier molecular flexibility index (Phi) is 10.5. The van der Waals surface area contributed by atoms with E-state index in [0.717, 1.165) is 27.6 Å². The van der Waals surface area contributed by atoms with Gasteiger partial charge in [0.05, 0.1) is 63.8 Å². The number of fused-ring (bicyclic) bond motifs is 5. The van der Waals surface area contributed by atoms with Crippen LogP contribution in [0.2, 0.25) is 18.6 Å². The molecule has 6 aromatic rings. The number of carbonyl (C=O) groups excluding carboxylic acids is 3. The number of rotatable bonds is 9. The predicted molar refractivity (Wildman–Crippen MR) is 249 cm³/mol. The van der Waals surface area contributed by atoms with Gasteiger partial charge in [0.2, 0.25) is 5.91 Å². The van der Waals surface area contributed by atoms with E-state index in [2.05, 4.69) is 38.2 Å². The summed E-state index contributed by atoms with van der Waals surface area (Å²) in [6.45, 7) is 7.22. The van der Waals surface area contributed by atoms with Gasteiger partial charge >= 0.3 is 0 Å². The maximum atomic E-state index is 15.8. The molecule has 0 aromatic heterocycles. The molecule has 0 radical (unpaired) electrons. The Bertz CT molecular complexity index is 2780. The monoisotopic (exact) mass is 869 g/mol. The van der Waals surface area contributed by atoms with Crippen LogP contribution in [-0.2, 0) is 39.4 Å². The number of ether oxygens (including phenoxy) is 3. The third-order valence-electron chi connectivity index (χ3n) is 14.2. The number of nitrogens with zero attached hydrogens (tertiary/aromatic N) is 3. The van der Waals surface area contributed by atoms with Crippen LogP contribution in [0.15, 0.2) is 146 Å². The highest BCUT2D eigenvalue weighted by molar-refractivity contribution is 6.91. The quantitative estimate of drug-likeness (QED) is 0.145. The van der Waals surface area contributed by atoms with Crippen LogP contribution in [0.4, 0.5) is 17.1 Å². The first-order valence-electron chi connectivity index (χ1n) is 22.0. The van der Waals surface area contributed by atoms with E-state index in [4.69, 9.17) is 14.2 Å². The summed E-state index contributed by atoms with van der Waals surface area (Å²) >= 11 is 0. The lowest BCUT2D eigenvalue weighted by Crippen LogP contribution is -2.52. The van der Waals surface area contributed by atoms with Gasteiger partial charge in [-0.05, 0) is 83.2 Å². The second-order valence-corrected chi connectivity index (χ2v) is 22.7. The zero-order valence-electron chi connectivity index (χ0n) is 36.4. The van der Waals surface area contributed by atoms with E-state index in [1.165, 1.54) is 0 Å². The number of hydrogen-bond acceptors (Lipinski definition) is 7. The highest BCUT2D eigenvalue weighted by Crippen LogP contribution is 2.61. The Morgan fingerprint density at radius 2 is 1.50 bits per heavy atom. The van der Waals surface area contributed by atoms with Crippen LogP contribution in [0.25, 0.3) is 0 Å². The van der Waals surface area contributed by atoms with Gasteiger partial charge in [-0.2, -0.15) is 0 Å². The number of amides is 3. The van der Waals surface area contributed by atoms with E-state index >= 15 is 4.79 Å². The molecule has 0 saturated carbocycles. The fourth-order valence-corrected chi connectivity index (χ4v) is 15.0. The average Bonchev–Trinajstić information content (AvgIpc) is 3.69. The second-order valence-electron chi connectivity index (χ2n) is 18.0. The molecule has 0 bridgehead atoms. The van der Waals surface area contributed by atoms with Crippen molar-refractivity contribution in [2.45, 2.75) is 69.2 Å². The van der Waals surface area contributed by atoms with Gasteiger partial charge in [0, 0.05) is 23.7 Å². The largest absolute Gasteiger partial charge is 0.497 e. The van der Waals surface area contributed by atoms with Crippen LogP contribution in [0.5, 0.6) is 17.2 Å². The number of para-hydroxylation sites is 3. The molecule has 3 amide bonds. The van der Waals surface area contributed by atoms with Crippen LogP contribution in [0.3, 0.4) is 0 Å². The second kappa shape index (κ2) is 16.2. The molecule has 1 N–H and O–H groups in total. The number of aliphatic hydroxyl groups excluding tert-OH is 1. The van der Waals surface area contributed by atoms with Gasteiger partial charge in [0.15, 0.2) is 11.4 Å². The fourth-order valence-electron chi connectivity index (χ4n) is 11.0. The maximum Gasteiger partial charge on any atom is 0.266 e. The standard InChI is InChI=1S/C53H51N3O7Si/c1-34-50(64(3,4)41-25-23-40(61-2)24-26-41)48(30-49(58)54-32-37-17-9-8-16-36(37)28-39(54)33-57)63-53(34)43-29-38(22-27-44(43)55(52(53)60)31-35-14-6-5-7-15-35)56-45-19-11-13-21-47(45)62-46-20-12-10-18-42(46)51(56)59/h5-27,29,34,39,48,50,57H,28,30-33H2,1-4H3/t34-,39-,48+,50-,53+/m0/s1. The number of carbonyl (C=O) groups is 3. The number of benzene rings is 6. The molecular formula is C53H51N3O7Si. The molecule has 10 nitrogen and oxygen atoms in total. The minimum Gasteiger partial charge on any atom is -0.497 e. The van der Waals surface area contributed by atoms with Crippen molar-refractivity contribution in [1.82, 2.24) is 4.90 Å². The van der Waals surface area contributed by atoms with Crippen molar-refractivity contribution in [3.8, 4) is 17.2 Å². The highest BCUT2D eigenvalue weighted by Gasteiger charge is 2.66. The molecule has 11 heteroatoms. The van der Waals surface area contributed by atoms with Crippen LogP contribution in [-0.4, -0.2) is 61.7 Å². The van der Waals surface area contributed by atoms with Gasteiger partial charge in [0.1, 0.15) is 11.5 Å². The van der Waals surface area contributed by atoms with Crippen molar-refractivity contribution in [2.24, 2.45) is 5.92 Å². The lowest BCUT2D eigenvalue weighted by molar-refractivity contribution is -0.151. The molecule has 4 aliphatic rings. The van der Waals surface area contributed by atoms with Crippen LogP contribution >= 0.6 is 0 Å². The molecule has 4 heterocycles. The fraction of sp³-hybridized carbons (Fsp3) is 0.264. The van der Waals surface area contributed by atoms with Crippen molar-refractivity contribution in [3.05, 3.63) is 173 Å². The van der Waals surface area contributed by atoms with Crippen molar-refractivity contribution in [2.75, 3.05) is 23.5 Å². The molecule has 4 aliphatic heterocycles. The zero-order chi connectivity index (χ0) is 44.3. The molecule has 6 aromatic carbocycles. The lowest BCUT2D eigenvalue weighted by Gasteiger charge is -2.39. The predicted octanol–water partition coefficient (Wildman–Crippen LogP) is 8.88. The summed E-state index contributed by atoms with van der Waals surface area (Å²) < 4.78 is 19.4. The Labute approximate surface area is 374 Å². The average molecular weight is 870 g/mol. The third-order valence-corrected chi connectivity index (χ3v) is 18.5. The van der Waals surface area contributed by atoms with Gasteiger partial charge in [-0.15, -0.1) is 0 Å². The van der Waals surface area contributed by atoms with Crippen LogP contribution in [0.1, 0.15) is 46.0 Å². The zero-order valence-corrected chi connectivity index (χ0v) is 37.4. The molecule has 64 heavy (non-hydrogen) atoms. The van der Waals surface area contributed by atoms with Gasteiger partial charge in [-0.3, -0.25) is 19.3 Å². The first-order chi connectivity index (χ1) is 31.0. The minimum atomic E-state index is -2.65. The molecule has 5 atom stereocenters. The van der Waals surface area contributed by atoms with Crippen LogP contribution < -0.4 is 24.5 Å². The van der Waals surface area contributed by atoms with Crippen molar-refractivity contribution < 1.29 is 33.7 Å². The van der Waals surface area contributed by atoms with E-state index in [1.54, 1.807) is 29.0 Å². The SMILES string of the molecule is COc1ccc([Si](C)(C)[C@@H]2[C@@H](CC(=O)N3Cc4ccccc4C[C@H]3CO)O[C@]3(C(=O)N(Cc4ccccc4)c4ccc(N5C(=O)c6ccccc6Oc6ccccc65)cc43)[C@H]2C)cc1. The number of anilines is 3. The molecule has 1 saturated heterocycles. The minimum absolute atomic E-state index is 0.0229. The van der Waals surface area contributed by atoms with Gasteiger partial charge in [-0.25, -0.2) is 0 Å². The summed E-state index contributed by atoms with van der Waals surface area (Å²) in [5.74, 6) is 0.716. The first kappa shape index (κ1) is 41.5. The Morgan fingerprint density at radius 1 is 0.812 bits per heavy atom. The summed E-state index contributed by atoms with van der Waals surface area (Å²) in [6.07, 6.45) is -0.0907. The van der Waals surface area contributed by atoms with E-state index in [9.17, 15) is 14.7 Å². The summed E-state index contributed by atoms with van der Waals surface area (Å²) in [4.78, 5) is 50.7. The highest BCUT2D eigenvalue weighted by atomic mass is 28.3. The summed E-state index contributed by atoms with van der Waals surface area (Å²) in [6, 6.07) is 46.2. The lowest BCUT2D eigenvalue weighted by atomic mass is 9.82. The Morgan fingerprint density at radius 3 is 2.25 bits per heavy atom. The molecule has 0 aliphatic carbocycles. The smallest absolute Gasteiger partial charge is 0.266 e. The third kappa shape index (κ3) is 6.72. The van der Waals surface area contributed by atoms with E-state index < -0.39 is 25.7 Å².